The van der Waals surface area contributed by atoms with Crippen molar-refractivity contribution in [2.45, 2.75) is 26.7 Å². The van der Waals surface area contributed by atoms with E-state index < -0.39 is 0 Å². The second kappa shape index (κ2) is 3.50. The molecule has 0 aromatic heterocycles. The van der Waals surface area contributed by atoms with Crippen molar-refractivity contribution >= 4 is 11.8 Å². The van der Waals surface area contributed by atoms with Crippen molar-refractivity contribution < 1.29 is 0 Å². The second-order valence-electron chi connectivity index (χ2n) is 2.97. The summed E-state index contributed by atoms with van der Waals surface area (Å²) in [5.41, 5.74) is 0. The maximum atomic E-state index is 2.39. The van der Waals surface area contributed by atoms with E-state index in [4.69, 9.17) is 0 Å². The molecule has 9 heavy (non-hydrogen) atoms. The van der Waals surface area contributed by atoms with E-state index >= 15 is 0 Å². The summed E-state index contributed by atoms with van der Waals surface area (Å²) in [4.78, 5) is 0. The highest BCUT2D eigenvalue weighted by Crippen LogP contribution is 2.37. The van der Waals surface area contributed by atoms with E-state index in [2.05, 4.69) is 25.6 Å². The van der Waals surface area contributed by atoms with Crippen molar-refractivity contribution in [3.8, 4) is 0 Å². The van der Waals surface area contributed by atoms with Crippen LogP contribution in [0.5, 0.6) is 0 Å². The Bertz CT molecular complexity index is 76.6. The lowest BCUT2D eigenvalue weighted by atomic mass is 10.1. The maximum Gasteiger partial charge on any atom is -0.00392 e. The Hall–Kier alpha value is 0.350. The highest BCUT2D eigenvalue weighted by atomic mass is 32.2. The van der Waals surface area contributed by atoms with Crippen LogP contribution < -0.4 is 0 Å². The first-order valence-corrected chi connectivity index (χ1v) is 5.07. The first-order valence-electron chi connectivity index (χ1n) is 3.92. The molecular formula is C8H16S. The summed E-state index contributed by atoms with van der Waals surface area (Å²) in [5, 5.41) is 0. The Labute approximate surface area is 62.4 Å². The SMILES string of the molecule is CCSCC(C)C1CC1. The molecule has 1 fully saturated rings. The third kappa shape index (κ3) is 2.61. The number of thioether (sulfide) groups is 1. The smallest absolute Gasteiger partial charge is 0.00392 e. The molecule has 0 aromatic rings. The minimum absolute atomic E-state index is 0.995. The van der Waals surface area contributed by atoms with Crippen molar-refractivity contribution in [3.63, 3.8) is 0 Å². The minimum atomic E-state index is 0.995. The molecule has 1 aliphatic rings. The van der Waals surface area contributed by atoms with Crippen LogP contribution in [0.3, 0.4) is 0 Å². The van der Waals surface area contributed by atoms with Gasteiger partial charge in [0.25, 0.3) is 0 Å². The fraction of sp³-hybridized carbons (Fsp3) is 1.00. The zero-order chi connectivity index (χ0) is 6.69. The predicted molar refractivity (Wildman–Crippen MR) is 44.9 cm³/mol. The molecule has 0 amide bonds. The average Bonchev–Trinajstić information content (AvgIpc) is 2.63. The molecule has 1 aliphatic carbocycles. The fourth-order valence-corrected chi connectivity index (χ4v) is 1.98. The first kappa shape index (κ1) is 7.46. The average molecular weight is 144 g/mol. The second-order valence-corrected chi connectivity index (χ2v) is 4.29. The van der Waals surface area contributed by atoms with Crippen molar-refractivity contribution in [1.29, 1.82) is 0 Å². The topological polar surface area (TPSA) is 0 Å². The molecule has 0 heterocycles. The molecule has 0 radical (unpaired) electrons. The monoisotopic (exact) mass is 144 g/mol. The highest BCUT2D eigenvalue weighted by Gasteiger charge is 2.27. The molecular weight excluding hydrogens is 128 g/mol. The summed E-state index contributed by atoms with van der Waals surface area (Å²) in [5.74, 6) is 4.78. The lowest BCUT2D eigenvalue weighted by molar-refractivity contribution is 0.573. The van der Waals surface area contributed by atoms with Crippen molar-refractivity contribution in [3.05, 3.63) is 0 Å². The van der Waals surface area contributed by atoms with E-state index in [1.165, 1.54) is 24.3 Å². The third-order valence-corrected chi connectivity index (χ3v) is 3.18. The Kier molecular flexibility index (Phi) is 2.90. The van der Waals surface area contributed by atoms with E-state index in [1.807, 2.05) is 0 Å². The third-order valence-electron chi connectivity index (χ3n) is 2.01. The van der Waals surface area contributed by atoms with Gasteiger partial charge in [0.1, 0.15) is 0 Å². The zero-order valence-electron chi connectivity index (χ0n) is 6.39. The van der Waals surface area contributed by atoms with Gasteiger partial charge in [-0.3, -0.25) is 0 Å². The molecule has 1 atom stereocenters. The number of rotatable bonds is 4. The maximum absolute atomic E-state index is 2.39. The van der Waals surface area contributed by atoms with Crippen molar-refractivity contribution in [2.24, 2.45) is 11.8 Å². The minimum Gasteiger partial charge on any atom is -0.162 e. The van der Waals surface area contributed by atoms with Gasteiger partial charge in [-0.1, -0.05) is 13.8 Å². The van der Waals surface area contributed by atoms with Crippen LogP contribution in [0.15, 0.2) is 0 Å². The van der Waals surface area contributed by atoms with Gasteiger partial charge in [0.05, 0.1) is 0 Å². The summed E-state index contributed by atoms with van der Waals surface area (Å²) >= 11 is 2.08. The Morgan fingerprint density at radius 1 is 1.56 bits per heavy atom. The van der Waals surface area contributed by atoms with Gasteiger partial charge in [0.15, 0.2) is 0 Å². The number of hydrogen-bond acceptors (Lipinski definition) is 1. The van der Waals surface area contributed by atoms with Gasteiger partial charge >= 0.3 is 0 Å². The molecule has 1 heteroatoms. The molecule has 0 saturated heterocycles. The summed E-state index contributed by atoms with van der Waals surface area (Å²) in [6.45, 7) is 4.63. The summed E-state index contributed by atoms with van der Waals surface area (Å²) in [6.07, 6.45) is 3.01. The predicted octanol–water partition coefficient (Wildman–Crippen LogP) is 2.79. The van der Waals surface area contributed by atoms with Crippen LogP contribution in [0.2, 0.25) is 0 Å². The molecule has 0 aromatic carbocycles. The van der Waals surface area contributed by atoms with Gasteiger partial charge in [-0.25, -0.2) is 0 Å². The molecule has 1 rings (SSSR count). The largest absolute Gasteiger partial charge is 0.162 e. The van der Waals surface area contributed by atoms with Crippen molar-refractivity contribution in [2.75, 3.05) is 11.5 Å². The van der Waals surface area contributed by atoms with E-state index in [-0.39, 0.29) is 0 Å². The van der Waals surface area contributed by atoms with Crippen LogP contribution in [0.1, 0.15) is 26.7 Å². The van der Waals surface area contributed by atoms with Crippen LogP contribution in [0, 0.1) is 11.8 Å². The zero-order valence-corrected chi connectivity index (χ0v) is 7.21. The molecule has 0 N–H and O–H groups in total. The highest BCUT2D eigenvalue weighted by molar-refractivity contribution is 7.99. The van der Waals surface area contributed by atoms with Crippen LogP contribution in [0.25, 0.3) is 0 Å². The quantitative estimate of drug-likeness (QED) is 0.584. The molecule has 54 valence electrons. The van der Waals surface area contributed by atoms with Gasteiger partial charge in [-0.15, -0.1) is 0 Å². The molecule has 1 saturated carbocycles. The van der Waals surface area contributed by atoms with E-state index in [1.54, 1.807) is 0 Å². The lowest BCUT2D eigenvalue weighted by Gasteiger charge is -2.06. The molecule has 0 spiro atoms. The van der Waals surface area contributed by atoms with Gasteiger partial charge in [0, 0.05) is 0 Å². The normalized spacial score (nSPS) is 22.0. The molecule has 0 bridgehead atoms. The lowest BCUT2D eigenvalue weighted by Crippen LogP contribution is -1.99. The Balaban J connectivity index is 1.96. The van der Waals surface area contributed by atoms with E-state index in [9.17, 15) is 0 Å². The Morgan fingerprint density at radius 2 is 2.22 bits per heavy atom. The fourth-order valence-electron chi connectivity index (χ4n) is 1.11. The van der Waals surface area contributed by atoms with Gasteiger partial charge in [0.2, 0.25) is 0 Å². The van der Waals surface area contributed by atoms with Crippen LogP contribution in [0.4, 0.5) is 0 Å². The standard InChI is InChI=1S/C8H16S/c1-3-9-6-7(2)8-4-5-8/h7-8H,3-6H2,1-2H3. The molecule has 1 unspecified atom stereocenters. The first-order chi connectivity index (χ1) is 4.34. The van der Waals surface area contributed by atoms with Crippen LogP contribution in [-0.4, -0.2) is 11.5 Å². The van der Waals surface area contributed by atoms with Gasteiger partial charge < -0.3 is 0 Å². The van der Waals surface area contributed by atoms with Crippen molar-refractivity contribution in [1.82, 2.24) is 0 Å². The molecule has 0 aliphatic heterocycles. The molecule has 0 nitrogen and oxygen atoms in total. The van der Waals surface area contributed by atoms with Gasteiger partial charge in [-0.05, 0) is 36.2 Å². The summed E-state index contributed by atoms with van der Waals surface area (Å²) in [7, 11) is 0. The summed E-state index contributed by atoms with van der Waals surface area (Å²) in [6, 6.07) is 0. The number of hydrogen-bond donors (Lipinski definition) is 0. The van der Waals surface area contributed by atoms with E-state index in [0.717, 1.165) is 11.8 Å². The van der Waals surface area contributed by atoms with Gasteiger partial charge in [-0.2, -0.15) is 11.8 Å². The Morgan fingerprint density at radius 3 is 2.67 bits per heavy atom. The van der Waals surface area contributed by atoms with E-state index in [0.29, 0.717) is 0 Å². The summed E-state index contributed by atoms with van der Waals surface area (Å²) < 4.78 is 0. The van der Waals surface area contributed by atoms with Crippen LogP contribution in [-0.2, 0) is 0 Å². The van der Waals surface area contributed by atoms with Crippen LogP contribution >= 0.6 is 11.8 Å².